The zero-order chi connectivity index (χ0) is 12.6. The van der Waals surface area contributed by atoms with Gasteiger partial charge in [0.2, 0.25) is 5.91 Å². The lowest BCUT2D eigenvalue weighted by atomic mass is 10.00. The van der Waals surface area contributed by atoms with Crippen LogP contribution >= 0.6 is 12.2 Å². The van der Waals surface area contributed by atoms with Crippen molar-refractivity contribution in [2.24, 2.45) is 23.5 Å². The Morgan fingerprint density at radius 2 is 2.24 bits per heavy atom. The van der Waals surface area contributed by atoms with E-state index in [1.807, 2.05) is 11.8 Å². The van der Waals surface area contributed by atoms with Crippen molar-refractivity contribution in [3.8, 4) is 0 Å². The molecule has 0 aromatic rings. The lowest BCUT2D eigenvalue weighted by Crippen LogP contribution is -2.40. The monoisotopic (exact) mass is 256 g/mol. The van der Waals surface area contributed by atoms with Crippen molar-refractivity contribution in [2.75, 3.05) is 13.1 Å². The fourth-order valence-electron chi connectivity index (χ4n) is 3.13. The van der Waals surface area contributed by atoms with Crippen LogP contribution in [0.3, 0.4) is 0 Å². The number of aliphatic hydroxyl groups is 1. The Kier molecular flexibility index (Phi) is 3.68. The van der Waals surface area contributed by atoms with Gasteiger partial charge in [-0.3, -0.25) is 4.79 Å². The highest BCUT2D eigenvalue weighted by Crippen LogP contribution is 2.38. The number of rotatable bonds is 3. The minimum absolute atomic E-state index is 0.0431. The lowest BCUT2D eigenvalue weighted by Gasteiger charge is -2.23. The number of hydrogen-bond donors (Lipinski definition) is 2. The van der Waals surface area contributed by atoms with Gasteiger partial charge in [0.15, 0.2) is 0 Å². The molecule has 17 heavy (non-hydrogen) atoms. The van der Waals surface area contributed by atoms with Crippen LogP contribution in [-0.4, -0.2) is 40.1 Å². The van der Waals surface area contributed by atoms with Gasteiger partial charge >= 0.3 is 0 Å². The third kappa shape index (κ3) is 2.31. The molecule has 1 saturated carbocycles. The summed E-state index contributed by atoms with van der Waals surface area (Å²) >= 11 is 4.93. The van der Waals surface area contributed by atoms with Gasteiger partial charge in [-0.05, 0) is 25.2 Å². The molecule has 3 N–H and O–H groups in total. The fraction of sp³-hybridized carbons (Fsp3) is 0.833. The summed E-state index contributed by atoms with van der Waals surface area (Å²) in [6.07, 6.45) is 2.33. The van der Waals surface area contributed by atoms with Crippen molar-refractivity contribution >= 4 is 23.1 Å². The summed E-state index contributed by atoms with van der Waals surface area (Å²) in [5.74, 6) is 0.447. The molecule has 4 nitrogen and oxygen atoms in total. The molecule has 1 heterocycles. The number of amides is 1. The van der Waals surface area contributed by atoms with Crippen LogP contribution in [0.25, 0.3) is 0 Å². The highest BCUT2D eigenvalue weighted by Gasteiger charge is 2.44. The van der Waals surface area contributed by atoms with Gasteiger partial charge in [0.05, 0.1) is 17.0 Å². The third-order valence-corrected chi connectivity index (χ3v) is 4.47. The molecule has 5 heteroatoms. The van der Waals surface area contributed by atoms with Gasteiger partial charge < -0.3 is 15.7 Å². The molecule has 1 amide bonds. The van der Waals surface area contributed by atoms with Crippen molar-refractivity contribution in [3.63, 3.8) is 0 Å². The zero-order valence-electron chi connectivity index (χ0n) is 10.1. The molecule has 96 valence electrons. The van der Waals surface area contributed by atoms with Crippen LogP contribution < -0.4 is 5.73 Å². The first-order valence-corrected chi connectivity index (χ1v) is 6.71. The predicted molar refractivity (Wildman–Crippen MR) is 69.4 cm³/mol. The second-order valence-electron chi connectivity index (χ2n) is 5.18. The summed E-state index contributed by atoms with van der Waals surface area (Å²) in [6, 6.07) is 0. The maximum Gasteiger partial charge on any atom is 0.232 e. The Bertz CT molecular complexity index is 334. The van der Waals surface area contributed by atoms with E-state index in [0.717, 1.165) is 19.4 Å². The SMILES string of the molecule is CCC(C(=O)N1CC2CCC(O)C2C1)C(N)=S. The van der Waals surface area contributed by atoms with Crippen molar-refractivity contribution in [3.05, 3.63) is 0 Å². The van der Waals surface area contributed by atoms with Crippen LogP contribution in [0.4, 0.5) is 0 Å². The van der Waals surface area contributed by atoms with Crippen LogP contribution in [0.1, 0.15) is 26.2 Å². The topological polar surface area (TPSA) is 66.6 Å². The Morgan fingerprint density at radius 3 is 2.76 bits per heavy atom. The molecule has 1 aliphatic carbocycles. The van der Waals surface area contributed by atoms with Crippen molar-refractivity contribution in [1.82, 2.24) is 4.90 Å². The highest BCUT2D eigenvalue weighted by atomic mass is 32.1. The lowest BCUT2D eigenvalue weighted by molar-refractivity contribution is -0.132. The number of nitrogens with zero attached hydrogens (tertiary/aromatic N) is 1. The van der Waals surface area contributed by atoms with Crippen molar-refractivity contribution in [1.29, 1.82) is 0 Å². The summed E-state index contributed by atoms with van der Waals surface area (Å²) in [6.45, 7) is 3.36. The minimum atomic E-state index is -0.332. The summed E-state index contributed by atoms with van der Waals surface area (Å²) in [5.41, 5.74) is 5.59. The number of likely N-dealkylation sites (tertiary alicyclic amines) is 1. The van der Waals surface area contributed by atoms with Gasteiger partial charge in [-0.25, -0.2) is 0 Å². The number of aliphatic hydroxyl groups excluding tert-OH is 1. The minimum Gasteiger partial charge on any atom is -0.393 e. The largest absolute Gasteiger partial charge is 0.393 e. The molecule has 4 unspecified atom stereocenters. The van der Waals surface area contributed by atoms with Gasteiger partial charge in [0, 0.05) is 19.0 Å². The second-order valence-corrected chi connectivity index (χ2v) is 5.65. The van der Waals surface area contributed by atoms with Crippen molar-refractivity contribution < 1.29 is 9.90 Å². The summed E-state index contributed by atoms with van der Waals surface area (Å²) < 4.78 is 0. The molecule has 0 spiro atoms. The molecular weight excluding hydrogens is 236 g/mol. The van der Waals surface area contributed by atoms with Crippen molar-refractivity contribution in [2.45, 2.75) is 32.3 Å². The first kappa shape index (κ1) is 12.8. The molecule has 1 saturated heterocycles. The number of carbonyl (C=O) groups excluding carboxylic acids is 1. The van der Waals surface area contributed by atoms with Crippen LogP contribution in [0.5, 0.6) is 0 Å². The summed E-state index contributed by atoms with van der Waals surface area (Å²) in [5, 5.41) is 9.82. The van der Waals surface area contributed by atoms with Crippen LogP contribution in [0.2, 0.25) is 0 Å². The predicted octanol–water partition coefficient (Wildman–Crippen LogP) is 0.528. The number of fused-ring (bicyclic) bond motifs is 1. The molecule has 0 aromatic carbocycles. The van der Waals surface area contributed by atoms with E-state index in [0.29, 0.717) is 18.9 Å². The van der Waals surface area contributed by atoms with Gasteiger partial charge in [0.25, 0.3) is 0 Å². The van der Waals surface area contributed by atoms with E-state index in [-0.39, 0.29) is 28.8 Å². The van der Waals surface area contributed by atoms with Gasteiger partial charge in [-0.15, -0.1) is 0 Å². The van der Waals surface area contributed by atoms with Gasteiger partial charge in [0.1, 0.15) is 0 Å². The first-order chi connectivity index (χ1) is 8.04. The third-order valence-electron chi connectivity index (χ3n) is 4.18. The van der Waals surface area contributed by atoms with E-state index in [1.54, 1.807) is 0 Å². The Labute approximate surface area is 107 Å². The van der Waals surface area contributed by atoms with E-state index in [9.17, 15) is 9.90 Å². The Balaban J connectivity index is 2.01. The van der Waals surface area contributed by atoms with E-state index >= 15 is 0 Å². The molecule has 0 aromatic heterocycles. The zero-order valence-corrected chi connectivity index (χ0v) is 10.9. The molecular formula is C12H20N2O2S. The smallest absolute Gasteiger partial charge is 0.232 e. The molecule has 2 aliphatic rings. The summed E-state index contributed by atoms with van der Waals surface area (Å²) in [4.78, 5) is 14.4. The first-order valence-electron chi connectivity index (χ1n) is 6.30. The maximum absolute atomic E-state index is 12.2. The summed E-state index contributed by atoms with van der Waals surface area (Å²) in [7, 11) is 0. The number of hydrogen-bond acceptors (Lipinski definition) is 3. The van der Waals surface area contributed by atoms with Crippen LogP contribution in [0, 0.1) is 17.8 Å². The van der Waals surface area contributed by atoms with E-state index in [1.165, 1.54) is 0 Å². The van der Waals surface area contributed by atoms with Crippen LogP contribution in [0.15, 0.2) is 0 Å². The average molecular weight is 256 g/mol. The average Bonchev–Trinajstić information content (AvgIpc) is 2.81. The molecule has 2 fully saturated rings. The van der Waals surface area contributed by atoms with E-state index in [4.69, 9.17) is 18.0 Å². The standard InChI is InChI=1S/C12H20N2O2S/c1-2-8(11(13)17)12(16)14-5-7-3-4-10(15)9(7)6-14/h7-10,15H,2-6H2,1H3,(H2,13,17). The Hall–Kier alpha value is -0.680. The number of thiocarbonyl (C=S) groups is 1. The molecule has 1 aliphatic heterocycles. The van der Waals surface area contributed by atoms with Gasteiger partial charge in [-0.2, -0.15) is 0 Å². The quantitative estimate of drug-likeness (QED) is 0.723. The highest BCUT2D eigenvalue weighted by molar-refractivity contribution is 7.80. The molecule has 0 bridgehead atoms. The fourth-order valence-corrected chi connectivity index (χ4v) is 3.40. The normalized spacial score (nSPS) is 33.5. The Morgan fingerprint density at radius 1 is 1.53 bits per heavy atom. The molecule has 2 rings (SSSR count). The molecule has 0 radical (unpaired) electrons. The molecule has 4 atom stereocenters. The maximum atomic E-state index is 12.2. The van der Waals surface area contributed by atoms with E-state index < -0.39 is 0 Å². The second kappa shape index (κ2) is 4.90. The van der Waals surface area contributed by atoms with Crippen LogP contribution in [-0.2, 0) is 4.79 Å². The number of nitrogens with two attached hydrogens (primary N) is 1. The van der Waals surface area contributed by atoms with E-state index in [2.05, 4.69) is 0 Å². The number of carbonyl (C=O) groups is 1. The van der Waals surface area contributed by atoms with Gasteiger partial charge in [-0.1, -0.05) is 19.1 Å².